The van der Waals surface area contributed by atoms with Gasteiger partial charge in [-0.25, -0.2) is 0 Å². The standard InChI is InChI=1S/C12H12ClNO3.C9H8O/c1-2-9(16)12-11(14-6-15)8-5-7(13)3-4-10(8)17-12;1-7-2-3-9-8(6-7)4-5-10-9/h3-5,14-15H,2,6H2,1H3;2-6H,1H3. The van der Waals surface area contributed by atoms with Crippen molar-refractivity contribution in [3.8, 4) is 0 Å². The van der Waals surface area contributed by atoms with E-state index in [1.54, 1.807) is 31.4 Å². The molecule has 5 nitrogen and oxygen atoms in total. The summed E-state index contributed by atoms with van der Waals surface area (Å²) in [7, 11) is 0. The molecule has 2 heterocycles. The molecule has 4 aromatic rings. The highest BCUT2D eigenvalue weighted by Gasteiger charge is 2.19. The number of carbonyl (C=O) groups excluding carboxylic acids is 1. The van der Waals surface area contributed by atoms with Crippen molar-refractivity contribution in [1.82, 2.24) is 0 Å². The van der Waals surface area contributed by atoms with Gasteiger partial charge in [-0.2, -0.15) is 0 Å². The first-order valence-electron chi connectivity index (χ1n) is 8.57. The van der Waals surface area contributed by atoms with Crippen LogP contribution in [0.1, 0.15) is 29.5 Å². The van der Waals surface area contributed by atoms with Crippen LogP contribution in [0.25, 0.3) is 21.9 Å². The van der Waals surface area contributed by atoms with E-state index in [9.17, 15) is 4.79 Å². The number of ketones is 1. The minimum Gasteiger partial charge on any atom is -0.464 e. The Kier molecular flexibility index (Phi) is 5.84. The lowest BCUT2D eigenvalue weighted by molar-refractivity contribution is 0.0964. The Balaban J connectivity index is 0.000000177. The maximum absolute atomic E-state index is 11.7. The van der Waals surface area contributed by atoms with Crippen LogP contribution in [0.2, 0.25) is 5.02 Å². The lowest BCUT2D eigenvalue weighted by Gasteiger charge is -2.02. The molecule has 6 heteroatoms. The first-order valence-corrected chi connectivity index (χ1v) is 8.95. The molecule has 0 bridgehead atoms. The van der Waals surface area contributed by atoms with E-state index in [0.29, 0.717) is 28.1 Å². The van der Waals surface area contributed by atoms with Crippen LogP contribution >= 0.6 is 11.6 Å². The van der Waals surface area contributed by atoms with Crippen molar-refractivity contribution in [2.24, 2.45) is 0 Å². The molecule has 140 valence electrons. The van der Waals surface area contributed by atoms with Gasteiger partial charge in [0.15, 0.2) is 11.5 Å². The molecule has 0 amide bonds. The van der Waals surface area contributed by atoms with Crippen LogP contribution in [0.3, 0.4) is 0 Å². The van der Waals surface area contributed by atoms with Crippen molar-refractivity contribution >= 4 is 45.0 Å². The smallest absolute Gasteiger partial charge is 0.199 e. The number of halogens is 1. The minimum atomic E-state index is -0.273. The van der Waals surface area contributed by atoms with Crippen LogP contribution in [0.5, 0.6) is 0 Å². The predicted molar refractivity (Wildman–Crippen MR) is 108 cm³/mol. The zero-order valence-electron chi connectivity index (χ0n) is 15.1. The second-order valence-corrected chi connectivity index (χ2v) is 6.46. The van der Waals surface area contributed by atoms with Crippen molar-refractivity contribution in [3.05, 3.63) is 65.1 Å². The normalized spacial score (nSPS) is 10.7. The van der Waals surface area contributed by atoms with Crippen molar-refractivity contribution in [2.75, 3.05) is 12.0 Å². The molecule has 0 atom stereocenters. The Morgan fingerprint density at radius 1 is 1.15 bits per heavy atom. The van der Waals surface area contributed by atoms with Gasteiger partial charge in [-0.05, 0) is 43.3 Å². The van der Waals surface area contributed by atoms with Crippen molar-refractivity contribution in [3.63, 3.8) is 0 Å². The van der Waals surface area contributed by atoms with Crippen LogP contribution in [-0.2, 0) is 0 Å². The molecule has 0 aliphatic heterocycles. The summed E-state index contributed by atoms with van der Waals surface area (Å²) in [6.07, 6.45) is 2.05. The fourth-order valence-corrected chi connectivity index (χ4v) is 2.94. The summed E-state index contributed by atoms with van der Waals surface area (Å²) in [6.45, 7) is 3.56. The van der Waals surface area contributed by atoms with Crippen molar-refractivity contribution < 1.29 is 18.7 Å². The number of rotatable bonds is 4. The summed E-state index contributed by atoms with van der Waals surface area (Å²) in [4.78, 5) is 11.7. The second-order valence-electron chi connectivity index (χ2n) is 6.02. The summed E-state index contributed by atoms with van der Waals surface area (Å²) in [5.74, 6) is 0.118. The van der Waals surface area contributed by atoms with Gasteiger partial charge in [-0.15, -0.1) is 0 Å². The Bertz CT molecular complexity index is 1080. The van der Waals surface area contributed by atoms with Crippen molar-refractivity contribution in [2.45, 2.75) is 20.3 Å². The maximum atomic E-state index is 11.7. The Labute approximate surface area is 161 Å². The van der Waals surface area contributed by atoms with E-state index in [1.807, 2.05) is 18.2 Å². The van der Waals surface area contributed by atoms with Gasteiger partial charge in [-0.3, -0.25) is 4.79 Å². The zero-order chi connectivity index (χ0) is 19.4. The average Bonchev–Trinajstić information content (AvgIpc) is 3.26. The molecule has 2 aromatic carbocycles. The number of hydrogen-bond acceptors (Lipinski definition) is 5. The van der Waals surface area contributed by atoms with Gasteiger partial charge in [0, 0.05) is 22.2 Å². The molecule has 0 radical (unpaired) electrons. The van der Waals surface area contributed by atoms with Crippen molar-refractivity contribution in [1.29, 1.82) is 0 Å². The molecule has 2 aromatic heterocycles. The quantitative estimate of drug-likeness (QED) is 0.344. The van der Waals surface area contributed by atoms with Gasteiger partial charge < -0.3 is 19.3 Å². The molecule has 0 saturated carbocycles. The van der Waals surface area contributed by atoms with Crippen LogP contribution in [0.4, 0.5) is 5.69 Å². The number of Topliss-reactive ketones (excluding diaryl/α,β-unsaturated/α-hetero) is 1. The number of fused-ring (bicyclic) bond motifs is 2. The number of aliphatic hydroxyl groups is 1. The topological polar surface area (TPSA) is 75.6 Å². The largest absolute Gasteiger partial charge is 0.464 e. The van der Waals surface area contributed by atoms with E-state index in [0.717, 1.165) is 5.58 Å². The summed E-state index contributed by atoms with van der Waals surface area (Å²) < 4.78 is 10.7. The van der Waals surface area contributed by atoms with E-state index in [2.05, 4.69) is 18.3 Å². The van der Waals surface area contributed by atoms with E-state index < -0.39 is 0 Å². The highest BCUT2D eigenvalue weighted by molar-refractivity contribution is 6.31. The molecule has 0 fully saturated rings. The molecule has 0 unspecified atom stereocenters. The number of aryl methyl sites for hydroxylation is 1. The minimum absolute atomic E-state index is 0.117. The fourth-order valence-electron chi connectivity index (χ4n) is 2.77. The van der Waals surface area contributed by atoms with Gasteiger partial charge >= 0.3 is 0 Å². The van der Waals surface area contributed by atoms with Gasteiger partial charge in [0.2, 0.25) is 0 Å². The van der Waals surface area contributed by atoms with Crippen LogP contribution in [0, 0.1) is 6.92 Å². The third kappa shape index (κ3) is 4.15. The highest BCUT2D eigenvalue weighted by atomic mass is 35.5. The molecule has 0 saturated heterocycles. The first kappa shape index (κ1) is 19.0. The summed E-state index contributed by atoms with van der Waals surface area (Å²) >= 11 is 5.90. The summed E-state index contributed by atoms with van der Waals surface area (Å²) in [5.41, 5.74) is 3.30. The summed E-state index contributed by atoms with van der Waals surface area (Å²) in [5, 5.41) is 14.1. The monoisotopic (exact) mass is 385 g/mol. The maximum Gasteiger partial charge on any atom is 0.199 e. The Hall–Kier alpha value is -2.76. The molecule has 0 spiro atoms. The number of aliphatic hydroxyl groups excluding tert-OH is 1. The number of carbonyl (C=O) groups is 1. The van der Waals surface area contributed by atoms with Crippen LogP contribution < -0.4 is 5.32 Å². The second kappa shape index (κ2) is 8.29. The van der Waals surface area contributed by atoms with E-state index in [4.69, 9.17) is 25.5 Å². The zero-order valence-corrected chi connectivity index (χ0v) is 15.8. The van der Waals surface area contributed by atoms with Gasteiger partial charge in [0.1, 0.15) is 17.9 Å². The number of furan rings is 2. The van der Waals surface area contributed by atoms with Gasteiger partial charge in [0.05, 0.1) is 12.0 Å². The SMILES string of the molecule is CCC(=O)c1oc2ccc(Cl)cc2c1NCO.Cc1ccc2occc2c1. The molecule has 27 heavy (non-hydrogen) atoms. The number of anilines is 1. The third-order valence-electron chi connectivity index (χ3n) is 4.09. The molecule has 0 aliphatic rings. The molecular weight excluding hydrogens is 366 g/mol. The predicted octanol–water partition coefficient (Wildman–Crippen LogP) is 5.78. The van der Waals surface area contributed by atoms with E-state index >= 15 is 0 Å². The number of benzene rings is 2. The summed E-state index contributed by atoms with van der Waals surface area (Å²) in [6, 6.07) is 13.2. The lowest BCUT2D eigenvalue weighted by atomic mass is 10.1. The average molecular weight is 386 g/mol. The number of hydrogen-bond donors (Lipinski definition) is 2. The lowest BCUT2D eigenvalue weighted by Crippen LogP contribution is -2.04. The first-order chi connectivity index (χ1) is 13.0. The molecule has 4 rings (SSSR count). The third-order valence-corrected chi connectivity index (χ3v) is 4.32. The van der Waals surface area contributed by atoms with Gasteiger partial charge in [-0.1, -0.05) is 30.2 Å². The fraction of sp³-hybridized carbons (Fsp3) is 0.190. The van der Waals surface area contributed by atoms with Gasteiger partial charge in [0.25, 0.3) is 0 Å². The van der Waals surface area contributed by atoms with E-state index in [1.165, 1.54) is 10.9 Å². The Morgan fingerprint density at radius 3 is 2.67 bits per heavy atom. The Morgan fingerprint density at radius 2 is 1.93 bits per heavy atom. The van der Waals surface area contributed by atoms with E-state index in [-0.39, 0.29) is 18.3 Å². The number of nitrogens with one attached hydrogen (secondary N) is 1. The molecular formula is C21H20ClNO4. The highest BCUT2D eigenvalue weighted by Crippen LogP contribution is 2.33. The van der Waals surface area contributed by atoms with Crippen LogP contribution in [-0.4, -0.2) is 17.6 Å². The molecule has 2 N–H and O–H groups in total. The van der Waals surface area contributed by atoms with Crippen LogP contribution in [0.15, 0.2) is 57.6 Å². The molecule has 0 aliphatic carbocycles.